The van der Waals surface area contributed by atoms with Gasteiger partial charge >= 0.3 is 0 Å². The summed E-state index contributed by atoms with van der Waals surface area (Å²) < 4.78 is 22.8. The van der Waals surface area contributed by atoms with Crippen molar-refractivity contribution in [3.05, 3.63) is 48.0 Å². The third-order valence-electron chi connectivity index (χ3n) is 5.72. The van der Waals surface area contributed by atoms with Gasteiger partial charge in [-0.1, -0.05) is 6.07 Å². The maximum absolute atomic E-state index is 6.07. The number of hydrogen-bond donors (Lipinski definition) is 3. The fourth-order valence-corrected chi connectivity index (χ4v) is 5.08. The molecule has 3 aromatic rings. The average molecular weight is 500 g/mol. The minimum atomic E-state index is -0.141. The molecule has 0 spiro atoms. The molecule has 2 aliphatic rings. The molecule has 1 aromatic carbocycles. The number of nitrogens with zero attached hydrogens (tertiary/aromatic N) is 2. The van der Waals surface area contributed by atoms with Crippen LogP contribution in [0.4, 0.5) is 11.6 Å². The Labute approximate surface area is 206 Å². The number of ether oxygens (including phenoxy) is 4. The Balaban J connectivity index is 1.19. The molecule has 34 heavy (non-hydrogen) atoms. The second kappa shape index (κ2) is 10.1. The maximum Gasteiger partial charge on any atom is 0.223 e. The quantitative estimate of drug-likeness (QED) is 0.421. The van der Waals surface area contributed by atoms with E-state index in [1.165, 1.54) is 0 Å². The van der Waals surface area contributed by atoms with E-state index in [-0.39, 0.29) is 24.3 Å². The Hall–Kier alpha value is -2.99. The van der Waals surface area contributed by atoms with Gasteiger partial charge in [-0.05, 0) is 29.7 Å². The molecule has 2 aliphatic heterocycles. The second-order valence-electron chi connectivity index (χ2n) is 7.90. The van der Waals surface area contributed by atoms with Crippen LogP contribution < -0.4 is 25.4 Å². The highest BCUT2D eigenvalue weighted by Crippen LogP contribution is 2.30. The molecule has 0 bridgehead atoms. The lowest BCUT2D eigenvalue weighted by Crippen LogP contribution is -2.46. The highest BCUT2D eigenvalue weighted by Gasteiger charge is 2.48. The summed E-state index contributed by atoms with van der Waals surface area (Å²) >= 11 is 7.18. The zero-order valence-electron chi connectivity index (χ0n) is 18.7. The van der Waals surface area contributed by atoms with E-state index in [4.69, 9.17) is 31.2 Å². The summed E-state index contributed by atoms with van der Waals surface area (Å²) in [7, 11) is 3.22. The van der Waals surface area contributed by atoms with Gasteiger partial charge in [-0.25, -0.2) is 9.97 Å². The third-order valence-corrected chi connectivity index (χ3v) is 6.84. The van der Waals surface area contributed by atoms with E-state index in [1.54, 1.807) is 37.8 Å². The van der Waals surface area contributed by atoms with Crippen molar-refractivity contribution in [2.75, 3.05) is 38.1 Å². The second-order valence-corrected chi connectivity index (χ2v) is 9.25. The summed E-state index contributed by atoms with van der Waals surface area (Å²) in [5.41, 5.74) is 1.65. The molecule has 0 radical (unpaired) electrons. The molecule has 11 heteroatoms. The first-order valence-electron chi connectivity index (χ1n) is 10.8. The topological polar surface area (TPSA) is 98.8 Å². The molecule has 0 unspecified atom stereocenters. The highest BCUT2D eigenvalue weighted by atomic mass is 32.1. The number of benzene rings is 1. The van der Waals surface area contributed by atoms with E-state index in [0.29, 0.717) is 35.8 Å². The summed E-state index contributed by atoms with van der Waals surface area (Å²) in [5.74, 6) is 1.91. The largest absolute Gasteiger partial charge is 0.497 e. The maximum atomic E-state index is 6.07. The molecule has 4 heterocycles. The number of nitrogens with one attached hydrogen (secondary N) is 3. The van der Waals surface area contributed by atoms with Crippen LogP contribution in [0, 0.1) is 0 Å². The van der Waals surface area contributed by atoms with Gasteiger partial charge in [0.25, 0.3) is 0 Å². The molecular formula is C23H25N5O4S2. The number of methoxy groups -OCH3 is 2. The highest BCUT2D eigenvalue weighted by molar-refractivity contribution is 7.80. The summed E-state index contributed by atoms with van der Waals surface area (Å²) in [6.07, 6.45) is 1.48. The molecule has 2 fully saturated rings. The Morgan fingerprint density at radius 2 is 1.79 bits per heavy atom. The van der Waals surface area contributed by atoms with Crippen LogP contribution in [0.2, 0.25) is 0 Å². The van der Waals surface area contributed by atoms with Gasteiger partial charge in [0.15, 0.2) is 5.11 Å². The van der Waals surface area contributed by atoms with Crippen molar-refractivity contribution in [1.29, 1.82) is 0 Å². The lowest BCUT2D eigenvalue weighted by molar-refractivity contribution is 0.0689. The molecular weight excluding hydrogens is 474 g/mol. The molecule has 9 nitrogen and oxygen atoms in total. The van der Waals surface area contributed by atoms with Gasteiger partial charge in [-0.3, -0.25) is 0 Å². The predicted molar refractivity (Wildman–Crippen MR) is 135 cm³/mol. The van der Waals surface area contributed by atoms with Crippen LogP contribution >= 0.6 is 23.6 Å². The van der Waals surface area contributed by atoms with Crippen LogP contribution in [0.3, 0.4) is 0 Å². The summed E-state index contributed by atoms with van der Waals surface area (Å²) in [6, 6.07) is 11.3. The van der Waals surface area contributed by atoms with Gasteiger partial charge < -0.3 is 34.9 Å². The van der Waals surface area contributed by atoms with Gasteiger partial charge in [0.2, 0.25) is 5.95 Å². The molecule has 2 saturated heterocycles. The molecule has 2 aromatic heterocycles. The average Bonchev–Trinajstić information content (AvgIpc) is 3.60. The van der Waals surface area contributed by atoms with E-state index >= 15 is 0 Å². The van der Waals surface area contributed by atoms with Gasteiger partial charge in [-0.2, -0.15) is 0 Å². The van der Waals surface area contributed by atoms with Crippen molar-refractivity contribution in [2.24, 2.45) is 0 Å². The Morgan fingerprint density at radius 1 is 1.06 bits per heavy atom. The van der Waals surface area contributed by atoms with E-state index in [9.17, 15) is 0 Å². The zero-order chi connectivity index (χ0) is 23.5. The molecule has 0 saturated carbocycles. The summed E-state index contributed by atoms with van der Waals surface area (Å²) in [5, 5.41) is 12.4. The predicted octanol–water partition coefficient (Wildman–Crippen LogP) is 3.16. The van der Waals surface area contributed by atoms with Crippen molar-refractivity contribution < 1.29 is 18.9 Å². The Kier molecular flexibility index (Phi) is 6.77. The zero-order valence-corrected chi connectivity index (χ0v) is 20.3. The van der Waals surface area contributed by atoms with Gasteiger partial charge in [-0.15, -0.1) is 11.3 Å². The number of fused-ring (bicyclic) bond motifs is 1. The number of thiophene rings is 1. The normalized spacial score (nSPS) is 23.2. The van der Waals surface area contributed by atoms with Crippen LogP contribution in [0.1, 0.15) is 0 Å². The molecule has 4 atom stereocenters. The van der Waals surface area contributed by atoms with Crippen molar-refractivity contribution in [2.45, 2.75) is 24.3 Å². The fraction of sp³-hybridized carbons (Fsp3) is 0.348. The van der Waals surface area contributed by atoms with Crippen LogP contribution in [0.5, 0.6) is 11.5 Å². The van der Waals surface area contributed by atoms with Crippen LogP contribution in [-0.4, -0.2) is 66.8 Å². The van der Waals surface area contributed by atoms with Crippen LogP contribution in [0.15, 0.2) is 48.0 Å². The van der Waals surface area contributed by atoms with Crippen molar-refractivity contribution in [3.63, 3.8) is 0 Å². The van der Waals surface area contributed by atoms with Gasteiger partial charge in [0.1, 0.15) is 23.7 Å². The minimum absolute atomic E-state index is 0.0560. The first-order chi connectivity index (χ1) is 16.6. The van der Waals surface area contributed by atoms with E-state index in [1.807, 2.05) is 35.7 Å². The molecule has 0 aliphatic carbocycles. The smallest absolute Gasteiger partial charge is 0.223 e. The molecule has 3 N–H and O–H groups in total. The minimum Gasteiger partial charge on any atom is -0.497 e. The van der Waals surface area contributed by atoms with E-state index in [2.05, 4.69) is 25.9 Å². The lowest BCUT2D eigenvalue weighted by Gasteiger charge is -2.20. The SMILES string of the molecule is COc1cc(NC(=S)N[C@H]2CO[C@H]3[C@@H]2OC[C@@H]3Nc2nccc(-c3cccs3)n2)cc(OC)c1. The summed E-state index contributed by atoms with van der Waals surface area (Å²) in [6.45, 7) is 0.972. The van der Waals surface area contributed by atoms with Gasteiger partial charge in [0.05, 0.1) is 50.1 Å². The number of aromatic nitrogens is 2. The first kappa shape index (κ1) is 22.8. The summed E-state index contributed by atoms with van der Waals surface area (Å²) in [4.78, 5) is 10.1. The van der Waals surface area contributed by atoms with E-state index < -0.39 is 0 Å². The standard InChI is InChI=1S/C23H25N5O4S2/c1-29-14-8-13(9-15(10-14)30-2)25-23(33)28-18-12-32-20-17(11-31-21(18)20)27-22-24-6-5-16(26-22)19-4-3-7-34-19/h3-10,17-18,20-21H,11-12H2,1-2H3,(H,24,26,27)(H2,25,28,33)/t17-,18-,20+,21+/m0/s1. The van der Waals surface area contributed by atoms with Crippen LogP contribution in [0.25, 0.3) is 10.6 Å². The van der Waals surface area contributed by atoms with E-state index in [0.717, 1.165) is 16.3 Å². The monoisotopic (exact) mass is 499 g/mol. The van der Waals surface area contributed by atoms with Crippen molar-refractivity contribution >= 4 is 40.3 Å². The molecule has 0 amide bonds. The van der Waals surface area contributed by atoms with Crippen molar-refractivity contribution in [1.82, 2.24) is 15.3 Å². The lowest BCUT2D eigenvalue weighted by atomic mass is 10.1. The molecule has 178 valence electrons. The fourth-order valence-electron chi connectivity index (χ4n) is 4.12. The number of hydrogen-bond acceptors (Lipinski definition) is 9. The van der Waals surface area contributed by atoms with Gasteiger partial charge in [0, 0.05) is 30.1 Å². The Morgan fingerprint density at radius 3 is 2.50 bits per heavy atom. The number of thiocarbonyl (C=S) groups is 1. The van der Waals surface area contributed by atoms with Crippen LogP contribution in [-0.2, 0) is 9.47 Å². The first-order valence-corrected chi connectivity index (χ1v) is 12.1. The number of anilines is 2. The Bertz CT molecular complexity index is 1120. The molecule has 5 rings (SSSR count). The van der Waals surface area contributed by atoms with Crippen molar-refractivity contribution in [3.8, 4) is 22.1 Å². The third kappa shape index (κ3) is 4.92. The number of rotatable bonds is 7.